The highest BCUT2D eigenvalue weighted by Gasteiger charge is 2.22. The molecule has 8 heteroatoms. The van der Waals surface area contributed by atoms with Crippen LogP contribution in [0.2, 0.25) is 4.34 Å². The molecule has 4 rings (SSSR count). The second-order valence-corrected chi connectivity index (χ2v) is 6.88. The molecule has 6 nitrogen and oxygen atoms in total. The number of thiazole rings is 1. The molecule has 0 aliphatic heterocycles. The monoisotopic (exact) mass is 369 g/mol. The molecule has 4 aromatic rings. The second-order valence-electron chi connectivity index (χ2n) is 5.28. The SMILES string of the molecule is CN(C(=O)c1nc(-c2cnn3ccccc23)c(Cl)s1)c1ccccn1. The summed E-state index contributed by atoms with van der Waals surface area (Å²) in [5, 5.41) is 4.60. The van der Waals surface area contributed by atoms with Crippen LogP contribution in [0.1, 0.15) is 9.80 Å². The van der Waals surface area contributed by atoms with E-state index in [9.17, 15) is 4.79 Å². The molecule has 0 saturated carbocycles. The molecular formula is C17H12ClN5OS. The summed E-state index contributed by atoms with van der Waals surface area (Å²) in [7, 11) is 1.66. The molecule has 0 aliphatic rings. The van der Waals surface area contributed by atoms with E-state index in [0.29, 0.717) is 20.9 Å². The number of hydrogen-bond donors (Lipinski definition) is 0. The van der Waals surface area contributed by atoms with E-state index in [1.54, 1.807) is 36.1 Å². The molecule has 0 atom stereocenters. The highest BCUT2D eigenvalue weighted by Crippen LogP contribution is 2.35. The van der Waals surface area contributed by atoms with Crippen LogP contribution < -0.4 is 4.90 Å². The first-order valence-electron chi connectivity index (χ1n) is 7.43. The molecule has 0 fully saturated rings. The zero-order chi connectivity index (χ0) is 17.4. The highest BCUT2D eigenvalue weighted by molar-refractivity contribution is 7.18. The smallest absolute Gasteiger partial charge is 0.288 e. The minimum absolute atomic E-state index is 0.256. The van der Waals surface area contributed by atoms with Crippen molar-refractivity contribution in [2.45, 2.75) is 0 Å². The Morgan fingerprint density at radius 2 is 2.08 bits per heavy atom. The van der Waals surface area contributed by atoms with Gasteiger partial charge in [-0.05, 0) is 24.3 Å². The van der Waals surface area contributed by atoms with Gasteiger partial charge in [-0.15, -0.1) is 0 Å². The standard InChI is InChI=1S/C17H12ClN5OS/c1-22(13-7-2-4-8-19-13)17(24)16-21-14(15(18)25-16)11-10-20-23-9-5-3-6-12(11)23/h2-10H,1H3. The summed E-state index contributed by atoms with van der Waals surface area (Å²) >= 11 is 7.51. The zero-order valence-corrected chi connectivity index (χ0v) is 14.7. The van der Waals surface area contributed by atoms with Crippen LogP contribution in [-0.2, 0) is 0 Å². The normalized spacial score (nSPS) is 11.0. The Morgan fingerprint density at radius 1 is 1.24 bits per heavy atom. The van der Waals surface area contributed by atoms with Gasteiger partial charge in [-0.2, -0.15) is 5.10 Å². The number of carbonyl (C=O) groups is 1. The molecule has 0 saturated heterocycles. The van der Waals surface area contributed by atoms with Crippen LogP contribution in [0, 0.1) is 0 Å². The van der Waals surface area contributed by atoms with E-state index >= 15 is 0 Å². The Hall–Kier alpha value is -2.77. The summed E-state index contributed by atoms with van der Waals surface area (Å²) in [5.41, 5.74) is 2.24. The number of aromatic nitrogens is 4. The van der Waals surface area contributed by atoms with Crippen molar-refractivity contribution in [2.24, 2.45) is 0 Å². The van der Waals surface area contributed by atoms with E-state index in [1.807, 2.05) is 30.5 Å². The van der Waals surface area contributed by atoms with Crippen molar-refractivity contribution in [2.75, 3.05) is 11.9 Å². The molecule has 0 bridgehead atoms. The Labute approximate surface area is 152 Å². The minimum Gasteiger partial charge on any atom is -0.294 e. The van der Waals surface area contributed by atoms with Crippen LogP contribution in [0.3, 0.4) is 0 Å². The third-order valence-corrected chi connectivity index (χ3v) is 4.99. The summed E-state index contributed by atoms with van der Waals surface area (Å²) in [6, 6.07) is 11.1. The summed E-state index contributed by atoms with van der Waals surface area (Å²) < 4.78 is 2.20. The van der Waals surface area contributed by atoms with Gasteiger partial charge in [0.1, 0.15) is 15.8 Å². The maximum atomic E-state index is 12.7. The Morgan fingerprint density at radius 3 is 2.88 bits per heavy atom. The molecular weight excluding hydrogens is 358 g/mol. The van der Waals surface area contributed by atoms with E-state index in [2.05, 4.69) is 15.1 Å². The topological polar surface area (TPSA) is 63.4 Å². The lowest BCUT2D eigenvalue weighted by Crippen LogP contribution is -2.26. The summed E-state index contributed by atoms with van der Waals surface area (Å²) in [6.07, 6.45) is 5.19. The van der Waals surface area contributed by atoms with Crippen molar-refractivity contribution in [1.29, 1.82) is 0 Å². The van der Waals surface area contributed by atoms with Crippen LogP contribution >= 0.6 is 22.9 Å². The zero-order valence-electron chi connectivity index (χ0n) is 13.1. The van der Waals surface area contributed by atoms with E-state index in [0.717, 1.165) is 22.4 Å². The molecule has 0 radical (unpaired) electrons. The number of nitrogens with zero attached hydrogens (tertiary/aromatic N) is 5. The van der Waals surface area contributed by atoms with E-state index in [-0.39, 0.29) is 5.91 Å². The largest absolute Gasteiger partial charge is 0.294 e. The van der Waals surface area contributed by atoms with E-state index in [4.69, 9.17) is 11.6 Å². The molecule has 124 valence electrons. The lowest BCUT2D eigenvalue weighted by molar-refractivity contribution is 0.0992. The van der Waals surface area contributed by atoms with E-state index < -0.39 is 0 Å². The predicted octanol–water partition coefficient (Wildman–Crippen LogP) is 3.78. The second kappa shape index (κ2) is 6.27. The Balaban J connectivity index is 1.72. The molecule has 25 heavy (non-hydrogen) atoms. The summed E-state index contributed by atoms with van der Waals surface area (Å²) in [4.78, 5) is 22.8. The van der Waals surface area contributed by atoms with Crippen LogP contribution in [0.4, 0.5) is 5.82 Å². The van der Waals surface area contributed by atoms with Gasteiger partial charge in [0.15, 0.2) is 5.01 Å². The van der Waals surface area contributed by atoms with Gasteiger partial charge >= 0.3 is 0 Å². The predicted molar refractivity (Wildman–Crippen MR) is 98.3 cm³/mol. The highest BCUT2D eigenvalue weighted by atomic mass is 35.5. The maximum absolute atomic E-state index is 12.7. The van der Waals surface area contributed by atoms with Crippen LogP contribution in [0.25, 0.3) is 16.8 Å². The van der Waals surface area contributed by atoms with Crippen LogP contribution in [0.15, 0.2) is 55.0 Å². The fourth-order valence-corrected chi connectivity index (χ4v) is 3.62. The third kappa shape index (κ3) is 2.77. The van der Waals surface area contributed by atoms with Gasteiger partial charge < -0.3 is 0 Å². The summed E-state index contributed by atoms with van der Waals surface area (Å²) in [6.45, 7) is 0. The lowest BCUT2D eigenvalue weighted by atomic mass is 10.2. The average Bonchev–Trinajstić information content (AvgIpc) is 3.24. The first-order chi connectivity index (χ1) is 12.1. The molecule has 4 heterocycles. The molecule has 0 aliphatic carbocycles. The van der Waals surface area contributed by atoms with Crippen molar-refractivity contribution >= 4 is 40.2 Å². The van der Waals surface area contributed by atoms with Crippen LogP contribution in [0.5, 0.6) is 0 Å². The Bertz CT molecular complexity index is 1060. The maximum Gasteiger partial charge on any atom is 0.288 e. The van der Waals surface area contributed by atoms with Crippen molar-refractivity contribution in [3.63, 3.8) is 0 Å². The number of carbonyl (C=O) groups excluding carboxylic acids is 1. The van der Waals surface area contributed by atoms with Crippen molar-refractivity contribution in [3.8, 4) is 11.3 Å². The average molecular weight is 370 g/mol. The van der Waals surface area contributed by atoms with Gasteiger partial charge in [0.2, 0.25) is 0 Å². The number of halogens is 1. The first kappa shape index (κ1) is 15.7. The fourth-order valence-electron chi connectivity index (χ4n) is 2.48. The lowest BCUT2D eigenvalue weighted by Gasteiger charge is -2.13. The molecule has 1 amide bonds. The Kier molecular flexibility index (Phi) is 3.95. The molecule has 0 unspecified atom stereocenters. The third-order valence-electron chi connectivity index (χ3n) is 3.75. The fraction of sp³-hybridized carbons (Fsp3) is 0.0588. The number of anilines is 1. The number of fused-ring (bicyclic) bond motifs is 1. The van der Waals surface area contributed by atoms with Gasteiger partial charge in [0.25, 0.3) is 5.91 Å². The van der Waals surface area contributed by atoms with Crippen molar-refractivity contribution < 1.29 is 4.79 Å². The molecule has 0 N–H and O–H groups in total. The van der Waals surface area contributed by atoms with Crippen molar-refractivity contribution in [3.05, 3.63) is 64.3 Å². The van der Waals surface area contributed by atoms with Gasteiger partial charge in [0, 0.05) is 25.0 Å². The number of pyridine rings is 2. The van der Waals surface area contributed by atoms with E-state index in [1.165, 1.54) is 4.90 Å². The first-order valence-corrected chi connectivity index (χ1v) is 8.63. The van der Waals surface area contributed by atoms with Gasteiger partial charge in [-0.1, -0.05) is 35.1 Å². The van der Waals surface area contributed by atoms with Gasteiger partial charge in [0.05, 0.1) is 11.7 Å². The number of amides is 1. The summed E-state index contributed by atoms with van der Waals surface area (Å²) in [5.74, 6) is 0.296. The van der Waals surface area contributed by atoms with Crippen LogP contribution in [-0.4, -0.2) is 32.5 Å². The number of hydrogen-bond acceptors (Lipinski definition) is 5. The van der Waals surface area contributed by atoms with Gasteiger partial charge in [-0.25, -0.2) is 14.5 Å². The minimum atomic E-state index is -0.256. The molecule has 0 spiro atoms. The number of rotatable bonds is 3. The molecule has 0 aromatic carbocycles. The molecule has 4 aromatic heterocycles. The van der Waals surface area contributed by atoms with Crippen molar-refractivity contribution in [1.82, 2.24) is 19.6 Å². The quantitative estimate of drug-likeness (QED) is 0.551. The van der Waals surface area contributed by atoms with Gasteiger partial charge in [-0.3, -0.25) is 9.69 Å².